The summed E-state index contributed by atoms with van der Waals surface area (Å²) in [7, 11) is 4.51. The van der Waals surface area contributed by atoms with Crippen LogP contribution in [0, 0.1) is 0 Å². The molecule has 120 valence electrons. The van der Waals surface area contributed by atoms with Crippen LogP contribution in [0.1, 0.15) is 24.6 Å². The molecule has 0 amide bonds. The number of likely N-dealkylation sites (N-methyl/N-ethyl adjacent to an activating group) is 2. The van der Waals surface area contributed by atoms with E-state index in [9.17, 15) is 0 Å². The number of halogens is 1. The van der Waals surface area contributed by atoms with Crippen LogP contribution in [0.2, 0.25) is 4.34 Å². The summed E-state index contributed by atoms with van der Waals surface area (Å²) in [5.41, 5.74) is 0. The first-order valence-corrected chi connectivity index (χ1v) is 9.16. The third-order valence-corrected chi connectivity index (χ3v) is 5.54. The molecule has 2 rings (SSSR count). The lowest BCUT2D eigenvalue weighted by Gasteiger charge is -2.35. The van der Waals surface area contributed by atoms with Gasteiger partial charge in [-0.3, -0.25) is 0 Å². The lowest BCUT2D eigenvalue weighted by atomic mass is 10.0. The highest BCUT2D eigenvalue weighted by atomic mass is 35.5. The summed E-state index contributed by atoms with van der Waals surface area (Å²) in [5, 5.41) is 3.77. The van der Waals surface area contributed by atoms with Gasteiger partial charge in [0.25, 0.3) is 0 Å². The highest BCUT2D eigenvalue weighted by Gasteiger charge is 2.28. The monoisotopic (exact) mass is 329 g/mol. The Labute approximate surface area is 138 Å². The van der Waals surface area contributed by atoms with Crippen LogP contribution >= 0.6 is 22.9 Å². The van der Waals surface area contributed by atoms with Crippen molar-refractivity contribution in [2.24, 2.45) is 0 Å². The number of nitrogens with zero attached hydrogens (tertiary/aromatic N) is 2. The molecule has 0 bridgehead atoms. The fourth-order valence-corrected chi connectivity index (χ4v) is 4.24. The van der Waals surface area contributed by atoms with Crippen molar-refractivity contribution in [1.29, 1.82) is 0 Å². The predicted octanol–water partition coefficient (Wildman–Crippen LogP) is 2.95. The quantitative estimate of drug-likeness (QED) is 0.865. The molecule has 1 aromatic heterocycles. The van der Waals surface area contributed by atoms with Crippen molar-refractivity contribution in [2.75, 3.05) is 40.3 Å². The van der Waals surface area contributed by atoms with Crippen molar-refractivity contribution < 1.29 is 0 Å². The summed E-state index contributed by atoms with van der Waals surface area (Å²) in [6, 6.07) is 5.24. The summed E-state index contributed by atoms with van der Waals surface area (Å²) in [6.07, 6.45) is 3.50. The topological polar surface area (TPSA) is 18.5 Å². The largest absolute Gasteiger partial charge is 0.312 e. The summed E-state index contributed by atoms with van der Waals surface area (Å²) in [6.45, 7) is 6.83. The van der Waals surface area contributed by atoms with E-state index in [2.05, 4.69) is 42.2 Å². The van der Waals surface area contributed by atoms with E-state index >= 15 is 0 Å². The predicted molar refractivity (Wildman–Crippen MR) is 93.6 cm³/mol. The van der Waals surface area contributed by atoms with E-state index in [0.717, 1.165) is 23.8 Å². The van der Waals surface area contributed by atoms with E-state index in [1.54, 1.807) is 11.3 Å². The third kappa shape index (κ3) is 5.22. The van der Waals surface area contributed by atoms with Gasteiger partial charge in [0, 0.05) is 23.5 Å². The average Bonchev–Trinajstić information content (AvgIpc) is 2.78. The van der Waals surface area contributed by atoms with Gasteiger partial charge in [-0.05, 0) is 65.1 Å². The first-order valence-electron chi connectivity index (χ1n) is 7.96. The summed E-state index contributed by atoms with van der Waals surface area (Å²) in [4.78, 5) is 6.39. The SMILES string of the molecule is CCCNC(Cc1ccc(Cl)s1)C1CN(C)CCCN1C. The van der Waals surface area contributed by atoms with Crippen molar-refractivity contribution in [3.05, 3.63) is 21.3 Å². The molecule has 0 saturated carbocycles. The van der Waals surface area contributed by atoms with Crippen molar-refractivity contribution in [1.82, 2.24) is 15.1 Å². The Bertz CT molecular complexity index is 423. The maximum Gasteiger partial charge on any atom is 0.0931 e. The van der Waals surface area contributed by atoms with Gasteiger partial charge in [-0.1, -0.05) is 18.5 Å². The second-order valence-corrected chi connectivity index (χ2v) is 7.93. The minimum absolute atomic E-state index is 0.491. The van der Waals surface area contributed by atoms with Crippen LogP contribution in [0.5, 0.6) is 0 Å². The molecule has 0 radical (unpaired) electrons. The van der Waals surface area contributed by atoms with Crippen molar-refractivity contribution in [3.63, 3.8) is 0 Å². The molecule has 2 atom stereocenters. The normalized spacial score (nSPS) is 23.1. The molecule has 1 N–H and O–H groups in total. The van der Waals surface area contributed by atoms with Crippen LogP contribution in [-0.4, -0.2) is 62.2 Å². The van der Waals surface area contributed by atoms with E-state index in [1.807, 2.05) is 6.07 Å². The average molecular weight is 330 g/mol. The number of hydrogen-bond acceptors (Lipinski definition) is 4. The Kier molecular flexibility index (Phi) is 6.96. The fourth-order valence-electron chi connectivity index (χ4n) is 3.09. The molecule has 2 heterocycles. The van der Waals surface area contributed by atoms with Gasteiger partial charge in [-0.2, -0.15) is 0 Å². The van der Waals surface area contributed by atoms with Crippen molar-refractivity contribution in [3.8, 4) is 0 Å². The molecule has 5 heteroatoms. The molecule has 0 aliphatic carbocycles. The van der Waals surface area contributed by atoms with Crippen LogP contribution in [0.15, 0.2) is 12.1 Å². The summed E-state index contributed by atoms with van der Waals surface area (Å²) < 4.78 is 0.894. The maximum absolute atomic E-state index is 6.09. The molecule has 2 unspecified atom stereocenters. The highest BCUT2D eigenvalue weighted by Crippen LogP contribution is 2.24. The van der Waals surface area contributed by atoms with Crippen molar-refractivity contribution in [2.45, 2.75) is 38.3 Å². The Morgan fingerprint density at radius 1 is 1.38 bits per heavy atom. The van der Waals surface area contributed by atoms with Gasteiger partial charge >= 0.3 is 0 Å². The molecule has 3 nitrogen and oxygen atoms in total. The second-order valence-electron chi connectivity index (χ2n) is 6.13. The second kappa shape index (κ2) is 8.49. The maximum atomic E-state index is 6.09. The molecule has 1 aromatic rings. The lowest BCUT2D eigenvalue weighted by Crippen LogP contribution is -2.53. The van der Waals surface area contributed by atoms with E-state index in [4.69, 9.17) is 11.6 Å². The number of rotatable bonds is 6. The van der Waals surface area contributed by atoms with Gasteiger partial charge in [-0.15, -0.1) is 11.3 Å². The van der Waals surface area contributed by atoms with Crippen LogP contribution in [0.4, 0.5) is 0 Å². The molecule has 0 aromatic carbocycles. The van der Waals surface area contributed by atoms with Crippen LogP contribution in [0.25, 0.3) is 0 Å². The molecule has 1 aliphatic rings. The van der Waals surface area contributed by atoms with Crippen molar-refractivity contribution >= 4 is 22.9 Å². The van der Waals surface area contributed by atoms with E-state index < -0.39 is 0 Å². The van der Waals surface area contributed by atoms with Gasteiger partial charge in [0.15, 0.2) is 0 Å². The van der Waals surface area contributed by atoms with Crippen LogP contribution in [0.3, 0.4) is 0 Å². The van der Waals surface area contributed by atoms with Gasteiger partial charge < -0.3 is 15.1 Å². The zero-order valence-corrected chi connectivity index (χ0v) is 15.0. The van der Waals surface area contributed by atoms with E-state index in [-0.39, 0.29) is 0 Å². The minimum Gasteiger partial charge on any atom is -0.312 e. The molecule has 1 aliphatic heterocycles. The highest BCUT2D eigenvalue weighted by molar-refractivity contribution is 7.16. The van der Waals surface area contributed by atoms with Crippen LogP contribution < -0.4 is 5.32 Å². The Balaban J connectivity index is 2.08. The third-order valence-electron chi connectivity index (χ3n) is 4.29. The molecule has 21 heavy (non-hydrogen) atoms. The molecule has 1 fully saturated rings. The summed E-state index contributed by atoms with van der Waals surface area (Å²) >= 11 is 7.81. The first kappa shape index (κ1) is 17.2. The fraction of sp³-hybridized carbons (Fsp3) is 0.750. The Hall–Kier alpha value is -0.130. The van der Waals surface area contributed by atoms with Gasteiger partial charge in [0.05, 0.1) is 4.34 Å². The molecular formula is C16H28ClN3S. The van der Waals surface area contributed by atoms with Gasteiger partial charge in [0.1, 0.15) is 0 Å². The molecule has 1 saturated heterocycles. The number of hydrogen-bond donors (Lipinski definition) is 1. The molecular weight excluding hydrogens is 302 g/mol. The zero-order valence-electron chi connectivity index (χ0n) is 13.4. The van der Waals surface area contributed by atoms with Crippen LogP contribution in [-0.2, 0) is 6.42 Å². The van der Waals surface area contributed by atoms with Gasteiger partial charge in [-0.25, -0.2) is 0 Å². The Morgan fingerprint density at radius 3 is 2.86 bits per heavy atom. The number of nitrogens with one attached hydrogen (secondary N) is 1. The Morgan fingerprint density at radius 2 is 2.19 bits per heavy atom. The van der Waals surface area contributed by atoms with E-state index in [1.165, 1.54) is 30.8 Å². The lowest BCUT2D eigenvalue weighted by molar-refractivity contribution is 0.177. The smallest absolute Gasteiger partial charge is 0.0931 e. The standard InChI is InChI=1S/C16H28ClN3S/c1-4-8-18-14(11-13-6-7-16(17)21-13)15-12-19(2)9-5-10-20(15)3/h6-7,14-15,18H,4-5,8-12H2,1-3H3. The minimum atomic E-state index is 0.491. The summed E-state index contributed by atoms with van der Waals surface area (Å²) in [5.74, 6) is 0. The van der Waals surface area contributed by atoms with Gasteiger partial charge in [0.2, 0.25) is 0 Å². The first-order chi connectivity index (χ1) is 10.1. The van der Waals surface area contributed by atoms with E-state index in [0.29, 0.717) is 12.1 Å². The zero-order chi connectivity index (χ0) is 15.2. The number of thiophene rings is 1. The molecule has 0 spiro atoms.